The molecular weight excluding hydrogens is 372 g/mol. The molecule has 0 saturated heterocycles. The van der Waals surface area contributed by atoms with Crippen LogP contribution in [0.5, 0.6) is 0 Å². The Morgan fingerprint density at radius 3 is 1.62 bits per heavy atom. The first-order valence-electron chi connectivity index (χ1n) is 10.7. The van der Waals surface area contributed by atoms with E-state index in [9.17, 15) is 24.9 Å². The summed E-state index contributed by atoms with van der Waals surface area (Å²) in [5, 5.41) is 28.8. The van der Waals surface area contributed by atoms with Crippen LogP contribution in [0.4, 0.5) is 0 Å². The quantitative estimate of drug-likeness (QED) is 0.625. The van der Waals surface area contributed by atoms with E-state index in [0.29, 0.717) is 5.56 Å². The zero-order chi connectivity index (χ0) is 21.0. The maximum Gasteiger partial charge on any atom is 0.338 e. The number of ether oxygens (including phenoxy) is 1. The van der Waals surface area contributed by atoms with Crippen LogP contribution in [-0.2, 0) is 4.74 Å². The molecule has 2 aliphatic carbocycles. The number of carboxylic acid groups (broad SMARTS) is 1. The molecule has 2 fully saturated rings. The largest absolute Gasteiger partial charge is 0.478 e. The Bertz CT molecular complexity index is 727. The topological polar surface area (TPSA) is 104 Å². The third-order valence-electron chi connectivity index (χ3n) is 6.95. The smallest absolute Gasteiger partial charge is 0.338 e. The van der Waals surface area contributed by atoms with Gasteiger partial charge in [0.2, 0.25) is 0 Å². The van der Waals surface area contributed by atoms with Gasteiger partial charge in [-0.1, -0.05) is 0 Å². The maximum absolute atomic E-state index is 12.6. The molecule has 3 N–H and O–H groups in total. The van der Waals surface area contributed by atoms with Gasteiger partial charge in [-0.2, -0.15) is 0 Å². The lowest BCUT2D eigenvalue weighted by atomic mass is 9.70. The molecule has 6 nitrogen and oxygen atoms in total. The first-order chi connectivity index (χ1) is 14.0. The zero-order valence-electron chi connectivity index (χ0n) is 17.1. The average Bonchev–Trinajstić information content (AvgIpc) is 2.77. The van der Waals surface area contributed by atoms with Crippen molar-refractivity contribution in [3.05, 3.63) is 34.4 Å². The molecule has 160 valence electrons. The molecule has 6 heteroatoms. The van der Waals surface area contributed by atoms with Crippen LogP contribution in [0.3, 0.4) is 0 Å². The van der Waals surface area contributed by atoms with Gasteiger partial charge in [-0.15, -0.1) is 0 Å². The van der Waals surface area contributed by atoms with E-state index in [2.05, 4.69) is 0 Å². The highest BCUT2D eigenvalue weighted by atomic mass is 16.5. The number of aromatic carboxylic acids is 1. The van der Waals surface area contributed by atoms with E-state index in [0.717, 1.165) is 62.5 Å². The molecule has 0 amide bonds. The van der Waals surface area contributed by atoms with Crippen molar-refractivity contribution in [1.29, 1.82) is 0 Å². The van der Waals surface area contributed by atoms with Gasteiger partial charge in [0.25, 0.3) is 0 Å². The highest BCUT2D eigenvalue weighted by Gasteiger charge is 2.34. The fourth-order valence-electron chi connectivity index (χ4n) is 5.26. The van der Waals surface area contributed by atoms with Crippen molar-refractivity contribution in [2.24, 2.45) is 11.8 Å². The van der Waals surface area contributed by atoms with Crippen LogP contribution >= 0.6 is 0 Å². The van der Waals surface area contributed by atoms with E-state index in [1.165, 1.54) is 7.11 Å². The van der Waals surface area contributed by atoms with Crippen molar-refractivity contribution in [1.82, 2.24) is 0 Å². The lowest BCUT2D eigenvalue weighted by Gasteiger charge is -2.35. The standard InChI is InChI=1S/C23H32O6/c1-29-23(28)19-11-10-18(22(26)27)20(16-6-2-14(12-24)3-7-16)21(19)17-8-4-15(13-25)5-9-17/h10-11,14-17,24-25H,2-9,12-13H2,1H3,(H,26,27). The first kappa shape index (κ1) is 21.8. The van der Waals surface area contributed by atoms with Gasteiger partial charge in [-0.05, 0) is 98.3 Å². The van der Waals surface area contributed by atoms with E-state index in [1.54, 1.807) is 12.1 Å². The summed E-state index contributed by atoms with van der Waals surface area (Å²) in [6, 6.07) is 3.15. The third kappa shape index (κ3) is 4.64. The number of benzene rings is 1. The molecule has 0 aromatic heterocycles. The second-order valence-corrected chi connectivity index (χ2v) is 8.59. The molecule has 3 rings (SSSR count). The minimum absolute atomic E-state index is 0.0686. The maximum atomic E-state index is 12.6. The summed E-state index contributed by atoms with van der Waals surface area (Å²) >= 11 is 0. The summed E-state index contributed by atoms with van der Waals surface area (Å²) in [4.78, 5) is 24.6. The van der Waals surface area contributed by atoms with Crippen LogP contribution < -0.4 is 0 Å². The molecule has 0 spiro atoms. The second-order valence-electron chi connectivity index (χ2n) is 8.59. The Hall–Kier alpha value is -1.92. The summed E-state index contributed by atoms with van der Waals surface area (Å²) < 4.78 is 5.03. The van der Waals surface area contributed by atoms with Gasteiger partial charge in [0.15, 0.2) is 0 Å². The summed E-state index contributed by atoms with van der Waals surface area (Å²) in [5.41, 5.74) is 2.40. The van der Waals surface area contributed by atoms with Gasteiger partial charge in [0, 0.05) is 13.2 Å². The molecule has 1 aromatic carbocycles. The highest BCUT2D eigenvalue weighted by Crippen LogP contribution is 2.45. The molecule has 0 radical (unpaired) electrons. The molecule has 1 aromatic rings. The van der Waals surface area contributed by atoms with Gasteiger partial charge >= 0.3 is 11.9 Å². The van der Waals surface area contributed by atoms with Crippen LogP contribution in [0.25, 0.3) is 0 Å². The predicted octanol–water partition coefficient (Wildman–Crippen LogP) is 3.70. The average molecular weight is 405 g/mol. The van der Waals surface area contributed by atoms with E-state index >= 15 is 0 Å². The summed E-state index contributed by atoms with van der Waals surface area (Å²) in [5.74, 6) is -0.681. The van der Waals surface area contributed by atoms with Gasteiger partial charge in [0.1, 0.15) is 0 Å². The number of carbonyl (C=O) groups excluding carboxylic acids is 1. The number of aliphatic hydroxyl groups excluding tert-OH is 2. The monoisotopic (exact) mass is 404 g/mol. The molecule has 29 heavy (non-hydrogen) atoms. The minimum Gasteiger partial charge on any atom is -0.478 e. The van der Waals surface area contributed by atoms with Crippen LogP contribution in [0.15, 0.2) is 12.1 Å². The van der Waals surface area contributed by atoms with Crippen LogP contribution in [0.2, 0.25) is 0 Å². The van der Waals surface area contributed by atoms with Gasteiger partial charge < -0.3 is 20.1 Å². The van der Waals surface area contributed by atoms with Gasteiger partial charge in [-0.25, -0.2) is 9.59 Å². The van der Waals surface area contributed by atoms with Gasteiger partial charge in [0.05, 0.1) is 18.2 Å². The lowest BCUT2D eigenvalue weighted by molar-refractivity contribution is 0.0595. The molecule has 0 bridgehead atoms. The van der Waals surface area contributed by atoms with Crippen molar-refractivity contribution in [3.63, 3.8) is 0 Å². The third-order valence-corrected chi connectivity index (χ3v) is 6.95. The Morgan fingerprint density at radius 2 is 1.24 bits per heavy atom. The number of methoxy groups -OCH3 is 1. The number of esters is 1. The number of aliphatic hydroxyl groups is 2. The molecule has 0 aliphatic heterocycles. The normalized spacial score (nSPS) is 27.4. The van der Waals surface area contributed by atoms with E-state index < -0.39 is 11.9 Å². The number of carboxylic acids is 1. The van der Waals surface area contributed by atoms with E-state index in [1.807, 2.05) is 0 Å². The molecule has 0 heterocycles. The number of carbonyl (C=O) groups is 2. The Balaban J connectivity index is 2.07. The second kappa shape index (κ2) is 9.72. The van der Waals surface area contributed by atoms with Crippen molar-refractivity contribution in [2.45, 2.75) is 63.2 Å². The molecule has 2 aliphatic rings. The Labute approximate surface area is 171 Å². The van der Waals surface area contributed by atoms with Crippen LogP contribution in [0, 0.1) is 11.8 Å². The number of hydrogen-bond donors (Lipinski definition) is 3. The zero-order valence-corrected chi connectivity index (χ0v) is 17.1. The summed E-state index contributed by atoms with van der Waals surface area (Å²) in [6.07, 6.45) is 6.75. The van der Waals surface area contributed by atoms with Crippen molar-refractivity contribution in [2.75, 3.05) is 20.3 Å². The van der Waals surface area contributed by atoms with Crippen molar-refractivity contribution >= 4 is 11.9 Å². The fraction of sp³-hybridized carbons (Fsp3) is 0.652. The number of hydrogen-bond acceptors (Lipinski definition) is 5. The summed E-state index contributed by atoms with van der Waals surface area (Å²) in [6.45, 7) is 0.336. The molecule has 2 saturated carbocycles. The van der Waals surface area contributed by atoms with Crippen LogP contribution in [0.1, 0.15) is 95.0 Å². The molecule has 0 unspecified atom stereocenters. The van der Waals surface area contributed by atoms with E-state index in [-0.39, 0.29) is 42.4 Å². The van der Waals surface area contributed by atoms with E-state index in [4.69, 9.17) is 4.74 Å². The van der Waals surface area contributed by atoms with Crippen LogP contribution in [-0.4, -0.2) is 47.6 Å². The minimum atomic E-state index is -0.967. The Morgan fingerprint density at radius 1 is 0.828 bits per heavy atom. The SMILES string of the molecule is COC(=O)c1ccc(C(=O)O)c(C2CCC(CO)CC2)c1C1CCC(CO)CC1. The Kier molecular flexibility index (Phi) is 7.30. The molecule has 0 atom stereocenters. The highest BCUT2D eigenvalue weighted by molar-refractivity contribution is 5.96. The fourth-order valence-corrected chi connectivity index (χ4v) is 5.26. The predicted molar refractivity (Wildman–Crippen MR) is 108 cm³/mol. The lowest BCUT2D eigenvalue weighted by Crippen LogP contribution is -2.24. The van der Waals surface area contributed by atoms with Crippen molar-refractivity contribution < 1.29 is 29.6 Å². The van der Waals surface area contributed by atoms with Crippen molar-refractivity contribution in [3.8, 4) is 0 Å². The molecular formula is C23H32O6. The summed E-state index contributed by atoms with van der Waals surface area (Å²) in [7, 11) is 1.35. The first-order valence-corrected chi connectivity index (χ1v) is 10.7. The van der Waals surface area contributed by atoms with Gasteiger partial charge in [-0.3, -0.25) is 0 Å². The number of rotatable bonds is 6.